The molecule has 3 N–H and O–H groups in total. The highest BCUT2D eigenvalue weighted by molar-refractivity contribution is 5.32. The van der Waals surface area contributed by atoms with Gasteiger partial charge in [-0.1, -0.05) is 0 Å². The molecule has 0 amide bonds. The van der Waals surface area contributed by atoms with Gasteiger partial charge in [0.25, 0.3) is 0 Å². The Hall–Kier alpha value is -1.34. The standard InChI is InChI=1S/C10H13F3N2O2/c11-10(12,13)6-17-5-8(16)3-7-1-2-15-9(14)4-7/h1-2,4,8,16H,3,5-6H2,(H2,14,15). The molecular formula is C10H13F3N2O2. The zero-order chi connectivity index (χ0) is 12.9. The van der Waals surface area contributed by atoms with Crippen molar-refractivity contribution in [3.8, 4) is 0 Å². The third kappa shape index (κ3) is 6.08. The molecule has 0 aromatic carbocycles. The summed E-state index contributed by atoms with van der Waals surface area (Å²) in [5.41, 5.74) is 6.11. The number of aliphatic hydroxyl groups excluding tert-OH is 1. The number of alkyl halides is 3. The Morgan fingerprint density at radius 1 is 1.47 bits per heavy atom. The average Bonchev–Trinajstić information content (AvgIpc) is 2.15. The van der Waals surface area contributed by atoms with Crippen LogP contribution in [-0.4, -0.2) is 35.6 Å². The zero-order valence-electron chi connectivity index (χ0n) is 8.94. The van der Waals surface area contributed by atoms with Crippen molar-refractivity contribution in [3.63, 3.8) is 0 Å². The number of anilines is 1. The highest BCUT2D eigenvalue weighted by Gasteiger charge is 2.27. The fourth-order valence-corrected chi connectivity index (χ4v) is 1.26. The summed E-state index contributed by atoms with van der Waals surface area (Å²) in [4.78, 5) is 3.76. The molecule has 4 nitrogen and oxygen atoms in total. The van der Waals surface area contributed by atoms with E-state index in [-0.39, 0.29) is 13.0 Å². The van der Waals surface area contributed by atoms with Crippen molar-refractivity contribution in [2.75, 3.05) is 18.9 Å². The molecule has 0 bridgehead atoms. The molecule has 0 aliphatic carbocycles. The summed E-state index contributed by atoms with van der Waals surface area (Å²) >= 11 is 0. The van der Waals surface area contributed by atoms with Crippen LogP contribution in [0.25, 0.3) is 0 Å². The Kier molecular flexibility index (Phi) is 4.71. The number of aliphatic hydroxyl groups is 1. The van der Waals surface area contributed by atoms with Gasteiger partial charge >= 0.3 is 6.18 Å². The average molecular weight is 250 g/mol. The van der Waals surface area contributed by atoms with Crippen molar-refractivity contribution >= 4 is 5.82 Å². The fraction of sp³-hybridized carbons (Fsp3) is 0.500. The molecule has 0 saturated carbocycles. The lowest BCUT2D eigenvalue weighted by atomic mass is 10.1. The minimum atomic E-state index is -4.37. The number of rotatable bonds is 5. The normalized spacial score (nSPS) is 13.6. The molecule has 1 rings (SSSR count). The Labute approximate surface area is 96.2 Å². The SMILES string of the molecule is Nc1cc(CC(O)COCC(F)(F)F)ccn1. The van der Waals surface area contributed by atoms with Gasteiger partial charge in [0, 0.05) is 12.6 Å². The van der Waals surface area contributed by atoms with Gasteiger partial charge in [-0.05, 0) is 17.7 Å². The summed E-state index contributed by atoms with van der Waals surface area (Å²) in [5, 5.41) is 9.44. The maximum Gasteiger partial charge on any atom is 0.411 e. The molecule has 0 radical (unpaired) electrons. The first-order valence-corrected chi connectivity index (χ1v) is 4.90. The molecule has 1 unspecified atom stereocenters. The molecule has 0 aliphatic rings. The third-order valence-electron chi connectivity index (χ3n) is 1.89. The second-order valence-corrected chi connectivity index (χ2v) is 3.58. The number of ether oxygens (including phenoxy) is 1. The van der Waals surface area contributed by atoms with Crippen LogP contribution in [0.2, 0.25) is 0 Å². The van der Waals surface area contributed by atoms with Crippen molar-refractivity contribution in [1.29, 1.82) is 0 Å². The largest absolute Gasteiger partial charge is 0.411 e. The molecule has 0 spiro atoms. The lowest BCUT2D eigenvalue weighted by Crippen LogP contribution is -2.24. The van der Waals surface area contributed by atoms with Crippen LogP contribution in [0.3, 0.4) is 0 Å². The Morgan fingerprint density at radius 3 is 2.76 bits per heavy atom. The molecule has 7 heteroatoms. The van der Waals surface area contributed by atoms with Crippen LogP contribution >= 0.6 is 0 Å². The van der Waals surface area contributed by atoms with E-state index in [0.29, 0.717) is 11.4 Å². The van der Waals surface area contributed by atoms with E-state index < -0.39 is 18.9 Å². The van der Waals surface area contributed by atoms with E-state index in [4.69, 9.17) is 5.73 Å². The summed E-state index contributed by atoms with van der Waals surface area (Å²) in [6, 6.07) is 3.18. The maximum atomic E-state index is 11.8. The predicted octanol–water partition coefficient (Wildman–Crippen LogP) is 1.15. The van der Waals surface area contributed by atoms with E-state index in [1.54, 1.807) is 12.1 Å². The number of hydrogen-bond donors (Lipinski definition) is 2. The minimum Gasteiger partial charge on any atom is -0.390 e. The molecule has 0 fully saturated rings. The molecular weight excluding hydrogens is 237 g/mol. The van der Waals surface area contributed by atoms with E-state index >= 15 is 0 Å². The van der Waals surface area contributed by atoms with E-state index in [2.05, 4.69) is 9.72 Å². The van der Waals surface area contributed by atoms with Crippen LogP contribution in [0.5, 0.6) is 0 Å². The van der Waals surface area contributed by atoms with Gasteiger partial charge in [-0.2, -0.15) is 13.2 Å². The van der Waals surface area contributed by atoms with E-state index in [1.807, 2.05) is 0 Å². The number of aromatic nitrogens is 1. The van der Waals surface area contributed by atoms with Crippen molar-refractivity contribution in [3.05, 3.63) is 23.9 Å². The van der Waals surface area contributed by atoms with E-state index in [1.165, 1.54) is 6.20 Å². The van der Waals surface area contributed by atoms with E-state index in [0.717, 1.165) is 0 Å². The quantitative estimate of drug-likeness (QED) is 0.822. The third-order valence-corrected chi connectivity index (χ3v) is 1.89. The van der Waals surface area contributed by atoms with Crippen LogP contribution < -0.4 is 5.73 Å². The fourth-order valence-electron chi connectivity index (χ4n) is 1.26. The van der Waals surface area contributed by atoms with Gasteiger partial charge < -0.3 is 15.6 Å². The molecule has 96 valence electrons. The zero-order valence-corrected chi connectivity index (χ0v) is 8.94. The topological polar surface area (TPSA) is 68.4 Å². The smallest absolute Gasteiger partial charge is 0.390 e. The number of nitrogens with two attached hydrogens (primary N) is 1. The Morgan fingerprint density at radius 2 is 2.18 bits per heavy atom. The van der Waals surface area contributed by atoms with Crippen molar-refractivity contribution < 1.29 is 23.0 Å². The first kappa shape index (κ1) is 13.7. The number of hydrogen-bond acceptors (Lipinski definition) is 4. The van der Waals surface area contributed by atoms with Crippen LogP contribution in [0, 0.1) is 0 Å². The highest BCUT2D eigenvalue weighted by atomic mass is 19.4. The number of nitrogen functional groups attached to an aromatic ring is 1. The highest BCUT2D eigenvalue weighted by Crippen LogP contribution is 2.15. The monoisotopic (exact) mass is 250 g/mol. The summed E-state index contributed by atoms with van der Waals surface area (Å²) in [5.74, 6) is 0.297. The summed E-state index contributed by atoms with van der Waals surface area (Å²) in [6.07, 6.45) is -3.74. The van der Waals surface area contributed by atoms with Gasteiger partial charge in [-0.15, -0.1) is 0 Å². The van der Waals surface area contributed by atoms with Crippen molar-refractivity contribution in [2.24, 2.45) is 0 Å². The van der Waals surface area contributed by atoms with Crippen LogP contribution in [-0.2, 0) is 11.2 Å². The van der Waals surface area contributed by atoms with Gasteiger partial charge in [0.2, 0.25) is 0 Å². The van der Waals surface area contributed by atoms with E-state index in [9.17, 15) is 18.3 Å². The summed E-state index contributed by atoms with van der Waals surface area (Å²) in [6.45, 7) is -1.73. The lowest BCUT2D eigenvalue weighted by Gasteiger charge is -2.12. The van der Waals surface area contributed by atoms with Crippen LogP contribution in [0.15, 0.2) is 18.3 Å². The summed E-state index contributed by atoms with van der Waals surface area (Å²) in [7, 11) is 0. The Bertz CT molecular complexity index is 358. The first-order chi connectivity index (χ1) is 7.87. The molecule has 17 heavy (non-hydrogen) atoms. The van der Waals surface area contributed by atoms with Gasteiger partial charge in [-0.25, -0.2) is 4.98 Å². The first-order valence-electron chi connectivity index (χ1n) is 4.90. The Balaban J connectivity index is 2.32. The second kappa shape index (κ2) is 5.83. The van der Waals surface area contributed by atoms with Gasteiger partial charge in [0.15, 0.2) is 0 Å². The van der Waals surface area contributed by atoms with Gasteiger partial charge in [0.1, 0.15) is 12.4 Å². The molecule has 0 saturated heterocycles. The van der Waals surface area contributed by atoms with Crippen molar-refractivity contribution in [2.45, 2.75) is 18.7 Å². The molecule has 1 aromatic rings. The molecule has 0 aliphatic heterocycles. The lowest BCUT2D eigenvalue weighted by molar-refractivity contribution is -0.179. The second-order valence-electron chi connectivity index (χ2n) is 3.58. The number of nitrogens with zero attached hydrogens (tertiary/aromatic N) is 1. The molecule has 1 atom stereocenters. The predicted molar refractivity (Wildman–Crippen MR) is 55.2 cm³/mol. The van der Waals surface area contributed by atoms with Crippen molar-refractivity contribution in [1.82, 2.24) is 4.98 Å². The number of halogens is 3. The minimum absolute atomic E-state index is 0.171. The molecule has 1 heterocycles. The maximum absolute atomic E-state index is 11.8. The number of pyridine rings is 1. The van der Waals surface area contributed by atoms with Crippen LogP contribution in [0.4, 0.5) is 19.0 Å². The molecule has 1 aromatic heterocycles. The van der Waals surface area contributed by atoms with Gasteiger partial charge in [0.05, 0.1) is 12.7 Å². The van der Waals surface area contributed by atoms with Gasteiger partial charge in [-0.3, -0.25) is 0 Å². The summed E-state index contributed by atoms with van der Waals surface area (Å²) < 4.78 is 39.6. The van der Waals surface area contributed by atoms with Crippen LogP contribution in [0.1, 0.15) is 5.56 Å².